The van der Waals surface area contributed by atoms with Gasteiger partial charge in [-0.25, -0.2) is 8.42 Å². The average Bonchev–Trinajstić information content (AvgIpc) is 2.39. The lowest BCUT2D eigenvalue weighted by Gasteiger charge is -2.35. The van der Waals surface area contributed by atoms with Gasteiger partial charge in [-0.05, 0) is 32.2 Å². The van der Waals surface area contributed by atoms with E-state index in [0.29, 0.717) is 18.6 Å². The van der Waals surface area contributed by atoms with Crippen LogP contribution in [0.15, 0.2) is 0 Å². The molecular weight excluding hydrogens is 278 g/mol. The summed E-state index contributed by atoms with van der Waals surface area (Å²) in [6, 6.07) is 0.732. The Kier molecular flexibility index (Phi) is 6.91. The van der Waals surface area contributed by atoms with Crippen LogP contribution < -0.4 is 11.5 Å². The number of hydrogen-bond acceptors (Lipinski definition) is 5. The summed E-state index contributed by atoms with van der Waals surface area (Å²) in [5.41, 5.74) is 10.9. The zero-order chi connectivity index (χ0) is 15.2. The molecule has 1 aliphatic rings. The van der Waals surface area contributed by atoms with Crippen LogP contribution in [0.4, 0.5) is 0 Å². The van der Waals surface area contributed by atoms with E-state index < -0.39 is 15.7 Å². The molecule has 1 saturated carbocycles. The molecule has 0 aliphatic heterocycles. The van der Waals surface area contributed by atoms with Crippen molar-refractivity contribution in [2.75, 3.05) is 24.6 Å². The van der Waals surface area contributed by atoms with E-state index >= 15 is 0 Å². The van der Waals surface area contributed by atoms with Gasteiger partial charge in [-0.3, -0.25) is 9.69 Å². The van der Waals surface area contributed by atoms with Crippen LogP contribution in [0.3, 0.4) is 0 Å². The summed E-state index contributed by atoms with van der Waals surface area (Å²) in [4.78, 5) is 12.9. The summed E-state index contributed by atoms with van der Waals surface area (Å²) in [7, 11) is -3.20. The minimum atomic E-state index is -3.20. The standard InChI is InChI=1S/C13H27N3O3S/c1-2-16(12-5-3-11(14)4-6-12)8-10-20(18,19)9-7-13(15)17/h11-12H,2-10,14H2,1H3,(H2,15,17). The van der Waals surface area contributed by atoms with Crippen molar-refractivity contribution in [2.24, 2.45) is 11.5 Å². The summed E-state index contributed by atoms with van der Waals surface area (Å²) >= 11 is 0. The maximum atomic E-state index is 11.8. The quantitative estimate of drug-likeness (QED) is 0.649. The van der Waals surface area contributed by atoms with Gasteiger partial charge in [-0.15, -0.1) is 0 Å². The van der Waals surface area contributed by atoms with Crippen molar-refractivity contribution in [1.82, 2.24) is 4.90 Å². The first-order valence-corrected chi connectivity index (χ1v) is 9.14. The van der Waals surface area contributed by atoms with Crippen LogP contribution in [0.1, 0.15) is 39.0 Å². The molecule has 0 aromatic carbocycles. The van der Waals surface area contributed by atoms with E-state index in [1.165, 1.54) is 0 Å². The van der Waals surface area contributed by atoms with Crippen LogP contribution >= 0.6 is 0 Å². The Labute approximate surface area is 121 Å². The second kappa shape index (κ2) is 7.95. The van der Waals surface area contributed by atoms with Gasteiger partial charge in [-0.2, -0.15) is 0 Å². The third-order valence-corrected chi connectivity index (χ3v) is 5.64. The third kappa shape index (κ3) is 6.19. The third-order valence-electron chi connectivity index (χ3n) is 4.01. The Morgan fingerprint density at radius 1 is 1.20 bits per heavy atom. The number of primary amides is 1. The van der Waals surface area contributed by atoms with E-state index in [9.17, 15) is 13.2 Å². The van der Waals surface area contributed by atoms with Crippen LogP contribution in [0.5, 0.6) is 0 Å². The van der Waals surface area contributed by atoms with Gasteiger partial charge in [0.05, 0.1) is 11.5 Å². The minimum Gasteiger partial charge on any atom is -0.370 e. The highest BCUT2D eigenvalue weighted by atomic mass is 32.2. The second-order valence-corrected chi connectivity index (χ2v) is 7.87. The van der Waals surface area contributed by atoms with Crippen LogP contribution in [-0.2, 0) is 14.6 Å². The second-order valence-electron chi connectivity index (χ2n) is 5.57. The fourth-order valence-electron chi connectivity index (χ4n) is 2.68. The predicted octanol–water partition coefficient (Wildman–Crippen LogP) is -0.132. The molecule has 6 nitrogen and oxygen atoms in total. The Morgan fingerprint density at radius 2 is 1.80 bits per heavy atom. The number of carbonyl (C=O) groups is 1. The number of rotatable bonds is 8. The summed E-state index contributed by atoms with van der Waals surface area (Å²) in [5.74, 6) is -0.617. The van der Waals surface area contributed by atoms with E-state index in [-0.39, 0.29) is 17.9 Å². The van der Waals surface area contributed by atoms with Gasteiger partial charge >= 0.3 is 0 Å². The largest absolute Gasteiger partial charge is 0.370 e. The van der Waals surface area contributed by atoms with E-state index in [1.54, 1.807) is 0 Å². The topological polar surface area (TPSA) is 106 Å². The molecule has 4 N–H and O–H groups in total. The van der Waals surface area contributed by atoms with Crippen molar-refractivity contribution in [2.45, 2.75) is 51.1 Å². The Hall–Kier alpha value is -0.660. The van der Waals surface area contributed by atoms with Crippen LogP contribution in [0.2, 0.25) is 0 Å². The molecule has 0 heterocycles. The van der Waals surface area contributed by atoms with Crippen LogP contribution in [0, 0.1) is 0 Å². The highest BCUT2D eigenvalue weighted by Gasteiger charge is 2.24. The molecule has 0 aromatic rings. The summed E-state index contributed by atoms with van der Waals surface area (Å²) in [5, 5.41) is 0. The van der Waals surface area contributed by atoms with Gasteiger partial charge in [0.2, 0.25) is 5.91 Å². The molecule has 1 aliphatic carbocycles. The normalized spacial score (nSPS) is 23.9. The van der Waals surface area contributed by atoms with E-state index in [1.807, 2.05) is 6.92 Å². The zero-order valence-electron chi connectivity index (χ0n) is 12.3. The Bertz CT molecular complexity index is 403. The lowest BCUT2D eigenvalue weighted by molar-refractivity contribution is -0.117. The lowest BCUT2D eigenvalue weighted by atomic mass is 9.91. The molecule has 0 atom stereocenters. The SMILES string of the molecule is CCN(CCS(=O)(=O)CCC(N)=O)C1CCC(N)CC1. The number of carbonyl (C=O) groups excluding carboxylic acids is 1. The van der Waals surface area contributed by atoms with Crippen molar-refractivity contribution in [3.05, 3.63) is 0 Å². The minimum absolute atomic E-state index is 0.0905. The molecule has 0 unspecified atom stereocenters. The molecule has 0 radical (unpaired) electrons. The molecule has 0 saturated heterocycles. The van der Waals surface area contributed by atoms with Crippen LogP contribution in [-0.4, -0.2) is 55.9 Å². The lowest BCUT2D eigenvalue weighted by Crippen LogP contribution is -2.43. The zero-order valence-corrected chi connectivity index (χ0v) is 13.1. The van der Waals surface area contributed by atoms with E-state index in [2.05, 4.69) is 4.90 Å². The molecular formula is C13H27N3O3S. The smallest absolute Gasteiger partial charge is 0.218 e. The fraction of sp³-hybridized carbons (Fsp3) is 0.923. The molecule has 1 fully saturated rings. The average molecular weight is 305 g/mol. The monoisotopic (exact) mass is 305 g/mol. The fourth-order valence-corrected chi connectivity index (χ4v) is 3.91. The number of amides is 1. The van der Waals surface area contributed by atoms with Gasteiger partial charge in [0, 0.05) is 25.0 Å². The van der Waals surface area contributed by atoms with Crippen molar-refractivity contribution in [3.63, 3.8) is 0 Å². The maximum absolute atomic E-state index is 11.8. The van der Waals surface area contributed by atoms with Crippen molar-refractivity contribution >= 4 is 15.7 Å². The van der Waals surface area contributed by atoms with Crippen molar-refractivity contribution in [1.29, 1.82) is 0 Å². The molecule has 7 heteroatoms. The molecule has 0 bridgehead atoms. The molecule has 0 aromatic heterocycles. The van der Waals surface area contributed by atoms with Gasteiger partial charge < -0.3 is 11.5 Å². The van der Waals surface area contributed by atoms with E-state index in [4.69, 9.17) is 11.5 Å². The molecule has 1 rings (SSSR count). The first-order valence-electron chi connectivity index (χ1n) is 7.32. The number of sulfone groups is 1. The summed E-state index contributed by atoms with van der Waals surface area (Å²) in [6.45, 7) is 3.41. The van der Waals surface area contributed by atoms with E-state index in [0.717, 1.165) is 32.2 Å². The van der Waals surface area contributed by atoms with Gasteiger partial charge in [0.15, 0.2) is 9.84 Å². The molecule has 118 valence electrons. The summed E-state index contributed by atoms with van der Waals surface area (Å²) < 4.78 is 23.7. The number of nitrogens with zero attached hydrogens (tertiary/aromatic N) is 1. The van der Waals surface area contributed by atoms with Crippen molar-refractivity contribution in [3.8, 4) is 0 Å². The number of hydrogen-bond donors (Lipinski definition) is 2. The summed E-state index contributed by atoms with van der Waals surface area (Å²) in [6.07, 6.45) is 4.00. The van der Waals surface area contributed by atoms with Crippen molar-refractivity contribution < 1.29 is 13.2 Å². The first-order chi connectivity index (χ1) is 9.34. The first kappa shape index (κ1) is 17.4. The van der Waals surface area contributed by atoms with Gasteiger partial charge in [0.1, 0.15) is 0 Å². The van der Waals surface area contributed by atoms with Gasteiger partial charge in [-0.1, -0.05) is 6.92 Å². The molecule has 0 spiro atoms. The maximum Gasteiger partial charge on any atom is 0.218 e. The molecule has 20 heavy (non-hydrogen) atoms. The predicted molar refractivity (Wildman–Crippen MR) is 79.9 cm³/mol. The number of nitrogens with two attached hydrogens (primary N) is 2. The van der Waals surface area contributed by atoms with Crippen LogP contribution in [0.25, 0.3) is 0 Å². The molecule has 1 amide bonds. The Balaban J connectivity index is 2.42. The van der Waals surface area contributed by atoms with Gasteiger partial charge in [0.25, 0.3) is 0 Å². The highest BCUT2D eigenvalue weighted by molar-refractivity contribution is 7.91. The Morgan fingerprint density at radius 3 is 2.30 bits per heavy atom. The highest BCUT2D eigenvalue weighted by Crippen LogP contribution is 2.21.